The molecule has 0 aromatic heterocycles. The molecule has 0 saturated carbocycles. The van der Waals surface area contributed by atoms with E-state index in [1.54, 1.807) is 0 Å². The van der Waals surface area contributed by atoms with Crippen LogP contribution in [0.25, 0.3) is 0 Å². The van der Waals surface area contributed by atoms with Gasteiger partial charge in [-0.2, -0.15) is 0 Å². The highest BCUT2D eigenvalue weighted by atomic mass is 15.2. The number of rotatable bonds is 10. The van der Waals surface area contributed by atoms with Gasteiger partial charge in [-0.3, -0.25) is 4.90 Å². The summed E-state index contributed by atoms with van der Waals surface area (Å²) in [7, 11) is 2.23. The average Bonchev–Trinajstić information content (AvgIpc) is 2.31. The van der Waals surface area contributed by atoms with Gasteiger partial charge in [-0.05, 0) is 39.3 Å². The molecule has 0 fully saturated rings. The molecule has 0 bridgehead atoms. The zero-order chi connectivity index (χ0) is 13.3. The topological polar surface area (TPSA) is 29.3 Å². The van der Waals surface area contributed by atoms with E-state index in [9.17, 15) is 0 Å². The standard InChI is InChI=1S/C15H34N2/c1-6-7-8-9-11-15(4,13-16)17(5)12-10-14(2)3/h14H,6-13,16H2,1-5H3. The minimum Gasteiger partial charge on any atom is -0.329 e. The van der Waals surface area contributed by atoms with Crippen LogP contribution >= 0.6 is 0 Å². The zero-order valence-electron chi connectivity index (χ0n) is 12.8. The lowest BCUT2D eigenvalue weighted by atomic mass is 9.92. The summed E-state index contributed by atoms with van der Waals surface area (Å²) in [5, 5.41) is 0. The molecule has 0 saturated heterocycles. The van der Waals surface area contributed by atoms with E-state index in [4.69, 9.17) is 5.73 Å². The van der Waals surface area contributed by atoms with Crippen LogP contribution in [-0.4, -0.2) is 30.6 Å². The van der Waals surface area contributed by atoms with E-state index in [1.807, 2.05) is 0 Å². The Morgan fingerprint density at radius 2 is 1.82 bits per heavy atom. The van der Waals surface area contributed by atoms with Gasteiger partial charge in [0.05, 0.1) is 0 Å². The molecule has 0 heterocycles. The second kappa shape index (κ2) is 8.93. The molecule has 17 heavy (non-hydrogen) atoms. The van der Waals surface area contributed by atoms with Crippen LogP contribution in [0.3, 0.4) is 0 Å². The molecule has 2 heteroatoms. The molecule has 0 aromatic rings. The number of likely N-dealkylation sites (N-methyl/N-ethyl adjacent to an activating group) is 1. The summed E-state index contributed by atoms with van der Waals surface area (Å²) in [6, 6.07) is 0. The molecule has 0 spiro atoms. The van der Waals surface area contributed by atoms with Crippen molar-refractivity contribution in [3.05, 3.63) is 0 Å². The molecule has 0 amide bonds. The summed E-state index contributed by atoms with van der Waals surface area (Å²) in [6.07, 6.45) is 7.83. The van der Waals surface area contributed by atoms with Gasteiger partial charge < -0.3 is 5.73 Å². The maximum Gasteiger partial charge on any atom is 0.0300 e. The van der Waals surface area contributed by atoms with Crippen LogP contribution in [0.1, 0.15) is 66.2 Å². The van der Waals surface area contributed by atoms with Gasteiger partial charge in [-0.25, -0.2) is 0 Å². The number of hydrogen-bond acceptors (Lipinski definition) is 2. The van der Waals surface area contributed by atoms with Crippen molar-refractivity contribution in [2.75, 3.05) is 20.1 Å². The fraction of sp³-hybridized carbons (Fsp3) is 1.00. The Hall–Kier alpha value is -0.0800. The van der Waals surface area contributed by atoms with E-state index in [1.165, 1.54) is 45.1 Å². The lowest BCUT2D eigenvalue weighted by molar-refractivity contribution is 0.124. The Morgan fingerprint density at radius 1 is 1.18 bits per heavy atom. The summed E-state index contributed by atoms with van der Waals surface area (Å²) >= 11 is 0. The molecular weight excluding hydrogens is 208 g/mol. The van der Waals surface area contributed by atoms with Crippen LogP contribution in [0.15, 0.2) is 0 Å². The van der Waals surface area contributed by atoms with Crippen molar-refractivity contribution in [1.29, 1.82) is 0 Å². The van der Waals surface area contributed by atoms with Crippen molar-refractivity contribution in [3.8, 4) is 0 Å². The molecule has 1 atom stereocenters. The van der Waals surface area contributed by atoms with Gasteiger partial charge in [0.25, 0.3) is 0 Å². The quantitative estimate of drug-likeness (QED) is 0.593. The molecule has 0 aromatic carbocycles. The predicted octanol–water partition coefficient (Wildman–Crippen LogP) is 3.65. The normalized spacial score (nSPS) is 15.5. The van der Waals surface area contributed by atoms with Crippen molar-refractivity contribution in [3.63, 3.8) is 0 Å². The molecule has 104 valence electrons. The number of unbranched alkanes of at least 4 members (excludes halogenated alkanes) is 3. The van der Waals surface area contributed by atoms with E-state index < -0.39 is 0 Å². The highest BCUT2D eigenvalue weighted by Crippen LogP contribution is 2.21. The first kappa shape index (κ1) is 16.9. The smallest absolute Gasteiger partial charge is 0.0300 e. The molecule has 0 aliphatic carbocycles. The highest BCUT2D eigenvalue weighted by molar-refractivity contribution is 4.85. The van der Waals surface area contributed by atoms with Crippen LogP contribution < -0.4 is 5.73 Å². The molecule has 2 N–H and O–H groups in total. The van der Waals surface area contributed by atoms with E-state index in [2.05, 4.69) is 39.6 Å². The average molecular weight is 242 g/mol. The molecular formula is C15H34N2. The van der Waals surface area contributed by atoms with Gasteiger partial charge >= 0.3 is 0 Å². The fourth-order valence-electron chi connectivity index (χ4n) is 2.10. The summed E-state index contributed by atoms with van der Waals surface area (Å²) in [6.45, 7) is 11.1. The molecule has 1 unspecified atom stereocenters. The maximum atomic E-state index is 5.99. The summed E-state index contributed by atoms with van der Waals surface area (Å²) < 4.78 is 0. The number of hydrogen-bond donors (Lipinski definition) is 1. The summed E-state index contributed by atoms with van der Waals surface area (Å²) in [5.41, 5.74) is 6.18. The van der Waals surface area contributed by atoms with Crippen LogP contribution in [0.4, 0.5) is 0 Å². The zero-order valence-corrected chi connectivity index (χ0v) is 12.8. The Bertz CT molecular complexity index is 180. The van der Waals surface area contributed by atoms with Gasteiger partial charge in [0.15, 0.2) is 0 Å². The van der Waals surface area contributed by atoms with E-state index in [0.717, 1.165) is 12.5 Å². The third-order valence-electron chi connectivity index (χ3n) is 3.97. The second-order valence-corrected chi connectivity index (χ2v) is 6.12. The Kier molecular flexibility index (Phi) is 8.89. The van der Waals surface area contributed by atoms with Crippen molar-refractivity contribution in [2.24, 2.45) is 11.7 Å². The molecule has 0 rings (SSSR count). The van der Waals surface area contributed by atoms with Crippen molar-refractivity contribution < 1.29 is 0 Å². The predicted molar refractivity (Wildman–Crippen MR) is 78.3 cm³/mol. The van der Waals surface area contributed by atoms with E-state index in [0.29, 0.717) is 0 Å². The van der Waals surface area contributed by atoms with Gasteiger partial charge in [-0.1, -0.05) is 46.5 Å². The summed E-state index contributed by atoms with van der Waals surface area (Å²) in [4.78, 5) is 2.47. The summed E-state index contributed by atoms with van der Waals surface area (Å²) in [5.74, 6) is 0.777. The van der Waals surface area contributed by atoms with Crippen LogP contribution in [0, 0.1) is 5.92 Å². The van der Waals surface area contributed by atoms with Gasteiger partial charge in [0.1, 0.15) is 0 Å². The first-order valence-electron chi connectivity index (χ1n) is 7.37. The molecule has 0 radical (unpaired) electrons. The molecule has 2 nitrogen and oxygen atoms in total. The number of nitrogens with zero attached hydrogens (tertiary/aromatic N) is 1. The first-order chi connectivity index (χ1) is 7.96. The third-order valence-corrected chi connectivity index (χ3v) is 3.97. The van der Waals surface area contributed by atoms with Crippen LogP contribution in [0.2, 0.25) is 0 Å². The van der Waals surface area contributed by atoms with Crippen molar-refractivity contribution >= 4 is 0 Å². The van der Waals surface area contributed by atoms with Crippen LogP contribution in [0.5, 0.6) is 0 Å². The Morgan fingerprint density at radius 3 is 2.29 bits per heavy atom. The van der Waals surface area contributed by atoms with Crippen LogP contribution in [-0.2, 0) is 0 Å². The monoisotopic (exact) mass is 242 g/mol. The Labute approximate surface area is 109 Å². The largest absolute Gasteiger partial charge is 0.329 e. The fourth-order valence-corrected chi connectivity index (χ4v) is 2.10. The van der Waals surface area contributed by atoms with Gasteiger partial charge in [-0.15, -0.1) is 0 Å². The second-order valence-electron chi connectivity index (χ2n) is 6.12. The van der Waals surface area contributed by atoms with Crippen molar-refractivity contribution in [1.82, 2.24) is 4.90 Å². The van der Waals surface area contributed by atoms with Gasteiger partial charge in [0.2, 0.25) is 0 Å². The number of nitrogens with two attached hydrogens (primary N) is 1. The minimum atomic E-state index is 0.197. The molecule has 0 aliphatic rings. The maximum absolute atomic E-state index is 5.99. The Balaban J connectivity index is 4.04. The highest BCUT2D eigenvalue weighted by Gasteiger charge is 2.26. The SMILES string of the molecule is CCCCCCC(C)(CN)N(C)CCC(C)C. The van der Waals surface area contributed by atoms with Crippen molar-refractivity contribution in [2.45, 2.75) is 71.8 Å². The van der Waals surface area contributed by atoms with E-state index in [-0.39, 0.29) is 5.54 Å². The minimum absolute atomic E-state index is 0.197. The van der Waals surface area contributed by atoms with Gasteiger partial charge in [0, 0.05) is 12.1 Å². The van der Waals surface area contributed by atoms with E-state index >= 15 is 0 Å². The lowest BCUT2D eigenvalue weighted by Gasteiger charge is -2.38. The lowest BCUT2D eigenvalue weighted by Crippen LogP contribution is -2.50. The third kappa shape index (κ3) is 7.05. The first-order valence-corrected chi connectivity index (χ1v) is 7.37. The molecule has 0 aliphatic heterocycles.